The Morgan fingerprint density at radius 3 is 2.70 bits per heavy atom. The summed E-state index contributed by atoms with van der Waals surface area (Å²) in [5, 5.41) is 2.62. The first-order valence-electron chi connectivity index (χ1n) is 6.70. The van der Waals surface area contributed by atoms with Gasteiger partial charge in [0.25, 0.3) is 5.91 Å². The van der Waals surface area contributed by atoms with Crippen molar-refractivity contribution >= 4 is 17.5 Å². The highest BCUT2D eigenvalue weighted by molar-refractivity contribution is 5.95. The minimum Gasteiger partial charge on any atom is -0.484 e. The molecule has 2 amide bonds. The van der Waals surface area contributed by atoms with Crippen LogP contribution < -0.4 is 20.7 Å². The number of carbonyl (C=O) groups excluding carboxylic acids is 2. The topological polar surface area (TPSA) is 84.7 Å². The molecule has 3 N–H and O–H groups in total. The maximum Gasteiger partial charge on any atom is 0.257 e. The Balaban J connectivity index is 1.85. The quantitative estimate of drug-likeness (QED) is 0.781. The van der Waals surface area contributed by atoms with Crippen molar-refractivity contribution < 1.29 is 14.3 Å². The van der Waals surface area contributed by atoms with Gasteiger partial charge >= 0.3 is 0 Å². The van der Waals surface area contributed by atoms with E-state index in [0.29, 0.717) is 25.3 Å². The Hall–Kier alpha value is -2.08. The third-order valence-electron chi connectivity index (χ3n) is 3.06. The van der Waals surface area contributed by atoms with Crippen molar-refractivity contribution in [1.82, 2.24) is 5.32 Å². The summed E-state index contributed by atoms with van der Waals surface area (Å²) in [6.07, 6.45) is 1.51. The van der Waals surface area contributed by atoms with Gasteiger partial charge in [0.2, 0.25) is 5.91 Å². The number of rotatable bonds is 6. The molecule has 6 heteroatoms. The third kappa shape index (κ3) is 3.71. The normalized spacial score (nSPS) is 14.4. The maximum absolute atomic E-state index is 11.6. The molecule has 2 rings (SSSR count). The van der Waals surface area contributed by atoms with Gasteiger partial charge < -0.3 is 20.7 Å². The number of nitrogens with two attached hydrogens (primary N) is 1. The smallest absolute Gasteiger partial charge is 0.257 e. The SMILES string of the molecule is NCCNC(=O)COc1ccc(N2CCCC2=O)cc1. The number of carbonyl (C=O) groups is 2. The molecule has 1 fully saturated rings. The predicted molar refractivity (Wildman–Crippen MR) is 75.6 cm³/mol. The number of nitrogens with zero attached hydrogens (tertiary/aromatic N) is 1. The first-order valence-corrected chi connectivity index (χ1v) is 6.70. The van der Waals surface area contributed by atoms with Gasteiger partial charge in [-0.05, 0) is 30.7 Å². The summed E-state index contributed by atoms with van der Waals surface area (Å²) in [6.45, 7) is 1.57. The fourth-order valence-corrected chi connectivity index (χ4v) is 2.05. The van der Waals surface area contributed by atoms with Gasteiger partial charge in [-0.2, -0.15) is 0 Å². The van der Waals surface area contributed by atoms with Gasteiger partial charge in [-0.3, -0.25) is 9.59 Å². The van der Waals surface area contributed by atoms with Crippen molar-refractivity contribution in [2.75, 3.05) is 31.1 Å². The molecule has 0 atom stereocenters. The minimum atomic E-state index is -0.200. The van der Waals surface area contributed by atoms with E-state index in [4.69, 9.17) is 10.5 Å². The summed E-state index contributed by atoms with van der Waals surface area (Å²) in [6, 6.07) is 7.18. The molecule has 1 aliphatic rings. The van der Waals surface area contributed by atoms with E-state index in [-0.39, 0.29) is 18.4 Å². The van der Waals surface area contributed by atoms with E-state index < -0.39 is 0 Å². The van der Waals surface area contributed by atoms with Crippen molar-refractivity contribution in [3.63, 3.8) is 0 Å². The highest BCUT2D eigenvalue weighted by Crippen LogP contribution is 2.23. The summed E-state index contributed by atoms with van der Waals surface area (Å²) in [5.74, 6) is 0.553. The predicted octanol–water partition coefficient (Wildman–Crippen LogP) is 0.267. The molecule has 0 aromatic heterocycles. The molecule has 6 nitrogen and oxygen atoms in total. The number of anilines is 1. The average Bonchev–Trinajstić information content (AvgIpc) is 2.89. The maximum atomic E-state index is 11.6. The monoisotopic (exact) mass is 277 g/mol. The lowest BCUT2D eigenvalue weighted by molar-refractivity contribution is -0.123. The zero-order valence-corrected chi connectivity index (χ0v) is 11.3. The lowest BCUT2D eigenvalue weighted by Crippen LogP contribution is -2.32. The molecule has 1 aromatic carbocycles. The summed E-state index contributed by atoms with van der Waals surface area (Å²) < 4.78 is 5.35. The number of amides is 2. The van der Waals surface area contributed by atoms with Gasteiger partial charge in [-0.15, -0.1) is 0 Å². The zero-order valence-electron chi connectivity index (χ0n) is 11.3. The van der Waals surface area contributed by atoms with Crippen LogP contribution in [-0.2, 0) is 9.59 Å². The van der Waals surface area contributed by atoms with Gasteiger partial charge in [0.15, 0.2) is 6.61 Å². The number of hydrogen-bond donors (Lipinski definition) is 2. The molecule has 0 saturated carbocycles. The summed E-state index contributed by atoms with van der Waals surface area (Å²) >= 11 is 0. The second-order valence-corrected chi connectivity index (χ2v) is 4.57. The molecule has 0 spiro atoms. The second kappa shape index (κ2) is 6.91. The number of hydrogen-bond acceptors (Lipinski definition) is 4. The first kappa shape index (κ1) is 14.3. The van der Waals surface area contributed by atoms with Gasteiger partial charge in [-0.1, -0.05) is 0 Å². The molecule has 1 heterocycles. The highest BCUT2D eigenvalue weighted by atomic mass is 16.5. The summed E-state index contributed by atoms with van der Waals surface area (Å²) in [4.78, 5) is 24.7. The lowest BCUT2D eigenvalue weighted by atomic mass is 10.3. The summed E-state index contributed by atoms with van der Waals surface area (Å²) in [5.41, 5.74) is 6.15. The van der Waals surface area contributed by atoms with E-state index in [2.05, 4.69) is 5.32 Å². The van der Waals surface area contributed by atoms with Crippen LogP contribution in [0, 0.1) is 0 Å². The molecule has 1 aliphatic heterocycles. The second-order valence-electron chi connectivity index (χ2n) is 4.57. The van der Waals surface area contributed by atoms with Crippen LogP contribution in [0.25, 0.3) is 0 Å². The van der Waals surface area contributed by atoms with Crippen molar-refractivity contribution in [3.8, 4) is 5.75 Å². The van der Waals surface area contributed by atoms with Gasteiger partial charge in [0.1, 0.15) is 5.75 Å². The molecular formula is C14H19N3O3. The van der Waals surface area contributed by atoms with E-state index in [1.54, 1.807) is 17.0 Å². The van der Waals surface area contributed by atoms with Crippen LogP contribution in [-0.4, -0.2) is 38.1 Å². The van der Waals surface area contributed by atoms with Crippen LogP contribution in [0.1, 0.15) is 12.8 Å². The van der Waals surface area contributed by atoms with Crippen molar-refractivity contribution in [1.29, 1.82) is 0 Å². The Bertz CT molecular complexity index is 473. The molecule has 0 aliphatic carbocycles. The van der Waals surface area contributed by atoms with Crippen LogP contribution >= 0.6 is 0 Å². The number of ether oxygens (including phenoxy) is 1. The molecule has 1 saturated heterocycles. The largest absolute Gasteiger partial charge is 0.484 e. The van der Waals surface area contributed by atoms with Crippen LogP contribution in [0.5, 0.6) is 5.75 Å². The Labute approximate surface area is 117 Å². The minimum absolute atomic E-state index is 0.0397. The van der Waals surface area contributed by atoms with E-state index in [1.165, 1.54) is 0 Å². The Morgan fingerprint density at radius 2 is 2.10 bits per heavy atom. The molecule has 108 valence electrons. The molecule has 0 unspecified atom stereocenters. The molecule has 0 bridgehead atoms. The highest BCUT2D eigenvalue weighted by Gasteiger charge is 2.21. The molecule has 0 radical (unpaired) electrons. The Morgan fingerprint density at radius 1 is 1.35 bits per heavy atom. The summed E-state index contributed by atoms with van der Waals surface area (Å²) in [7, 11) is 0. The lowest BCUT2D eigenvalue weighted by Gasteiger charge is -2.16. The Kier molecular flexibility index (Phi) is 4.95. The first-order chi connectivity index (χ1) is 9.70. The number of nitrogens with one attached hydrogen (secondary N) is 1. The number of benzene rings is 1. The fraction of sp³-hybridized carbons (Fsp3) is 0.429. The molecule has 1 aromatic rings. The van der Waals surface area contributed by atoms with Crippen LogP contribution in [0.4, 0.5) is 5.69 Å². The van der Waals surface area contributed by atoms with E-state index in [9.17, 15) is 9.59 Å². The van der Waals surface area contributed by atoms with Crippen molar-refractivity contribution in [2.24, 2.45) is 5.73 Å². The van der Waals surface area contributed by atoms with E-state index >= 15 is 0 Å². The van der Waals surface area contributed by atoms with Crippen molar-refractivity contribution in [3.05, 3.63) is 24.3 Å². The standard InChI is InChI=1S/C14H19N3O3/c15-7-8-16-13(18)10-20-12-5-3-11(4-6-12)17-9-1-2-14(17)19/h3-6H,1-2,7-10,15H2,(H,16,18). The van der Waals surface area contributed by atoms with Crippen molar-refractivity contribution in [2.45, 2.75) is 12.8 Å². The molecular weight excluding hydrogens is 258 g/mol. The van der Waals surface area contributed by atoms with E-state index in [0.717, 1.165) is 18.7 Å². The average molecular weight is 277 g/mol. The third-order valence-corrected chi connectivity index (χ3v) is 3.06. The fourth-order valence-electron chi connectivity index (χ4n) is 2.05. The van der Waals surface area contributed by atoms with Gasteiger partial charge in [0.05, 0.1) is 0 Å². The zero-order chi connectivity index (χ0) is 14.4. The van der Waals surface area contributed by atoms with Crippen LogP contribution in [0.15, 0.2) is 24.3 Å². The molecule has 20 heavy (non-hydrogen) atoms. The van der Waals surface area contributed by atoms with Crippen LogP contribution in [0.3, 0.4) is 0 Å². The van der Waals surface area contributed by atoms with Gasteiger partial charge in [0, 0.05) is 31.7 Å². The van der Waals surface area contributed by atoms with E-state index in [1.807, 2.05) is 12.1 Å². The van der Waals surface area contributed by atoms with Crippen LogP contribution in [0.2, 0.25) is 0 Å². The van der Waals surface area contributed by atoms with Gasteiger partial charge in [-0.25, -0.2) is 0 Å².